The van der Waals surface area contributed by atoms with Gasteiger partial charge in [-0.25, -0.2) is 0 Å². The number of ether oxygens (including phenoxy) is 1. The second kappa shape index (κ2) is 6.37. The summed E-state index contributed by atoms with van der Waals surface area (Å²) in [6.45, 7) is 11.2. The number of rotatable bonds is 4. The SMILES string of the molecule is CCC(C)C1CN(CC2Cc3cc(C)ccc3O2)CCN1. The van der Waals surface area contributed by atoms with Crippen LogP contribution in [0, 0.1) is 12.8 Å². The van der Waals surface area contributed by atoms with Crippen LogP contribution >= 0.6 is 0 Å². The highest BCUT2D eigenvalue weighted by Crippen LogP contribution is 2.30. The first-order valence-corrected chi connectivity index (χ1v) is 8.37. The molecule has 0 spiro atoms. The van der Waals surface area contributed by atoms with Crippen molar-refractivity contribution in [1.29, 1.82) is 0 Å². The molecule has 2 heterocycles. The van der Waals surface area contributed by atoms with E-state index in [0.717, 1.165) is 44.3 Å². The summed E-state index contributed by atoms with van der Waals surface area (Å²) in [6.07, 6.45) is 2.64. The van der Waals surface area contributed by atoms with Crippen LogP contribution in [0.3, 0.4) is 0 Å². The van der Waals surface area contributed by atoms with Crippen LogP contribution < -0.4 is 10.1 Å². The van der Waals surface area contributed by atoms with E-state index >= 15 is 0 Å². The minimum absolute atomic E-state index is 0.331. The van der Waals surface area contributed by atoms with Crippen molar-refractivity contribution in [2.24, 2.45) is 5.92 Å². The Morgan fingerprint density at radius 2 is 2.29 bits per heavy atom. The highest BCUT2D eigenvalue weighted by atomic mass is 16.5. The van der Waals surface area contributed by atoms with Crippen LogP contribution in [0.25, 0.3) is 0 Å². The summed E-state index contributed by atoms with van der Waals surface area (Å²) in [5.74, 6) is 1.84. The van der Waals surface area contributed by atoms with Crippen LogP contribution in [0.15, 0.2) is 18.2 Å². The topological polar surface area (TPSA) is 24.5 Å². The zero-order valence-corrected chi connectivity index (χ0v) is 13.6. The van der Waals surface area contributed by atoms with Crippen LogP contribution in [0.2, 0.25) is 0 Å². The van der Waals surface area contributed by atoms with Gasteiger partial charge in [-0.05, 0) is 24.5 Å². The highest BCUT2D eigenvalue weighted by Gasteiger charge is 2.28. The molecule has 0 bridgehead atoms. The molecule has 116 valence electrons. The zero-order chi connectivity index (χ0) is 14.8. The standard InChI is InChI=1S/C18H28N2O/c1-4-14(3)17-12-20(8-7-19-17)11-16-10-15-9-13(2)5-6-18(15)21-16/h5-6,9,14,16-17,19H,4,7-8,10-12H2,1-3H3. The van der Waals surface area contributed by atoms with Crippen LogP contribution in [0.1, 0.15) is 31.4 Å². The predicted octanol–water partition coefficient (Wildman–Crippen LogP) is 2.62. The molecule has 0 aliphatic carbocycles. The molecule has 1 saturated heterocycles. The zero-order valence-electron chi connectivity index (χ0n) is 13.6. The summed E-state index contributed by atoms with van der Waals surface area (Å²) in [4.78, 5) is 2.58. The van der Waals surface area contributed by atoms with Crippen LogP contribution in [0.4, 0.5) is 0 Å². The Bertz CT molecular complexity index is 488. The molecule has 0 amide bonds. The molecule has 3 atom stereocenters. The largest absolute Gasteiger partial charge is 0.488 e. The third-order valence-corrected chi connectivity index (χ3v) is 5.04. The van der Waals surface area contributed by atoms with E-state index in [2.05, 4.69) is 49.2 Å². The number of benzene rings is 1. The lowest BCUT2D eigenvalue weighted by atomic mass is 9.97. The van der Waals surface area contributed by atoms with Crippen molar-refractivity contribution in [3.05, 3.63) is 29.3 Å². The van der Waals surface area contributed by atoms with Gasteiger partial charge in [0.05, 0.1) is 0 Å². The van der Waals surface area contributed by atoms with E-state index in [4.69, 9.17) is 4.74 Å². The van der Waals surface area contributed by atoms with Gasteiger partial charge in [0.15, 0.2) is 0 Å². The fourth-order valence-corrected chi connectivity index (χ4v) is 3.51. The van der Waals surface area contributed by atoms with Crippen molar-refractivity contribution < 1.29 is 4.74 Å². The molecule has 3 unspecified atom stereocenters. The third kappa shape index (κ3) is 3.41. The summed E-state index contributed by atoms with van der Waals surface area (Å²) < 4.78 is 6.12. The van der Waals surface area contributed by atoms with E-state index in [9.17, 15) is 0 Å². The quantitative estimate of drug-likeness (QED) is 0.922. The van der Waals surface area contributed by atoms with Gasteiger partial charge in [0.1, 0.15) is 11.9 Å². The lowest BCUT2D eigenvalue weighted by Gasteiger charge is -2.37. The highest BCUT2D eigenvalue weighted by molar-refractivity contribution is 5.40. The van der Waals surface area contributed by atoms with E-state index in [1.807, 2.05) is 0 Å². The lowest BCUT2D eigenvalue weighted by molar-refractivity contribution is 0.111. The first-order chi connectivity index (χ1) is 10.2. The average molecular weight is 288 g/mol. The Morgan fingerprint density at radius 3 is 3.10 bits per heavy atom. The van der Waals surface area contributed by atoms with Crippen molar-refractivity contribution in [2.45, 2.75) is 45.8 Å². The van der Waals surface area contributed by atoms with Crippen molar-refractivity contribution in [1.82, 2.24) is 10.2 Å². The third-order valence-electron chi connectivity index (χ3n) is 5.04. The molecule has 3 rings (SSSR count). The Morgan fingerprint density at radius 1 is 1.43 bits per heavy atom. The van der Waals surface area contributed by atoms with Crippen LogP contribution in [0.5, 0.6) is 5.75 Å². The molecule has 1 aromatic carbocycles. The minimum atomic E-state index is 0.331. The van der Waals surface area contributed by atoms with Crippen molar-refractivity contribution in [3.8, 4) is 5.75 Å². The molecular formula is C18H28N2O. The summed E-state index contributed by atoms with van der Waals surface area (Å²) in [5.41, 5.74) is 2.71. The summed E-state index contributed by atoms with van der Waals surface area (Å²) in [7, 11) is 0. The van der Waals surface area contributed by atoms with Gasteiger partial charge in [-0.2, -0.15) is 0 Å². The van der Waals surface area contributed by atoms with E-state index in [-0.39, 0.29) is 0 Å². The van der Waals surface area contributed by atoms with Gasteiger partial charge in [0.25, 0.3) is 0 Å². The molecule has 3 nitrogen and oxygen atoms in total. The monoisotopic (exact) mass is 288 g/mol. The fraction of sp³-hybridized carbons (Fsp3) is 0.667. The molecule has 0 saturated carbocycles. The molecule has 1 fully saturated rings. The number of hydrogen-bond acceptors (Lipinski definition) is 3. The predicted molar refractivity (Wildman–Crippen MR) is 87.0 cm³/mol. The number of piperazine rings is 1. The maximum atomic E-state index is 6.12. The van der Waals surface area contributed by atoms with E-state index in [1.165, 1.54) is 17.5 Å². The lowest BCUT2D eigenvalue weighted by Crippen LogP contribution is -2.54. The molecular weight excluding hydrogens is 260 g/mol. The molecule has 1 N–H and O–H groups in total. The molecule has 2 aliphatic heterocycles. The van der Waals surface area contributed by atoms with Gasteiger partial charge in [-0.15, -0.1) is 0 Å². The van der Waals surface area contributed by atoms with Gasteiger partial charge in [-0.3, -0.25) is 4.90 Å². The second-order valence-corrected chi connectivity index (χ2v) is 6.76. The Labute approximate surface area is 128 Å². The van der Waals surface area contributed by atoms with Gasteiger partial charge in [0, 0.05) is 38.6 Å². The van der Waals surface area contributed by atoms with Gasteiger partial charge in [-0.1, -0.05) is 38.0 Å². The maximum absolute atomic E-state index is 6.12. The Hall–Kier alpha value is -1.06. The number of hydrogen-bond donors (Lipinski definition) is 1. The Kier molecular flexibility index (Phi) is 4.51. The Balaban J connectivity index is 1.56. The summed E-state index contributed by atoms with van der Waals surface area (Å²) >= 11 is 0. The summed E-state index contributed by atoms with van der Waals surface area (Å²) in [6, 6.07) is 7.18. The first kappa shape index (κ1) is 14.9. The normalized spacial score (nSPS) is 27.2. The van der Waals surface area contributed by atoms with Crippen molar-refractivity contribution >= 4 is 0 Å². The second-order valence-electron chi connectivity index (χ2n) is 6.76. The van der Waals surface area contributed by atoms with Crippen molar-refractivity contribution in [2.75, 3.05) is 26.2 Å². The van der Waals surface area contributed by atoms with E-state index in [0.29, 0.717) is 12.1 Å². The molecule has 1 aromatic rings. The maximum Gasteiger partial charge on any atom is 0.123 e. The number of nitrogens with one attached hydrogen (secondary N) is 1. The molecule has 21 heavy (non-hydrogen) atoms. The van der Waals surface area contributed by atoms with Crippen LogP contribution in [-0.4, -0.2) is 43.2 Å². The van der Waals surface area contributed by atoms with E-state index < -0.39 is 0 Å². The van der Waals surface area contributed by atoms with E-state index in [1.54, 1.807) is 0 Å². The first-order valence-electron chi connectivity index (χ1n) is 8.37. The van der Waals surface area contributed by atoms with Gasteiger partial charge < -0.3 is 10.1 Å². The molecule has 2 aliphatic rings. The van der Waals surface area contributed by atoms with Crippen LogP contribution in [-0.2, 0) is 6.42 Å². The average Bonchev–Trinajstić information content (AvgIpc) is 2.88. The fourth-order valence-electron chi connectivity index (χ4n) is 3.51. The van der Waals surface area contributed by atoms with Gasteiger partial charge >= 0.3 is 0 Å². The number of aryl methyl sites for hydroxylation is 1. The number of nitrogens with zero attached hydrogens (tertiary/aromatic N) is 1. The molecule has 3 heteroatoms. The summed E-state index contributed by atoms with van der Waals surface area (Å²) in [5, 5.41) is 3.67. The van der Waals surface area contributed by atoms with Gasteiger partial charge in [0.2, 0.25) is 0 Å². The minimum Gasteiger partial charge on any atom is -0.488 e. The van der Waals surface area contributed by atoms with Crippen molar-refractivity contribution in [3.63, 3.8) is 0 Å². The molecule has 0 aromatic heterocycles. The molecule has 0 radical (unpaired) electrons. The smallest absolute Gasteiger partial charge is 0.123 e. The number of fused-ring (bicyclic) bond motifs is 1.